The van der Waals surface area contributed by atoms with Gasteiger partial charge in [0.1, 0.15) is 0 Å². The van der Waals surface area contributed by atoms with Crippen molar-refractivity contribution < 1.29 is 19.4 Å². The number of rotatable bonds is 12. The minimum Gasteiger partial charge on any atom is -0.463 e. The van der Waals surface area contributed by atoms with Crippen LogP contribution in [-0.4, -0.2) is 52.8 Å². The number of hydrogen-bond acceptors (Lipinski definition) is 5. The van der Waals surface area contributed by atoms with Gasteiger partial charge in [-0.05, 0) is 25.7 Å². The summed E-state index contributed by atoms with van der Waals surface area (Å²) in [6.07, 6.45) is 10.2. The van der Waals surface area contributed by atoms with Gasteiger partial charge in [0.15, 0.2) is 0 Å². The number of hydrogen-bond donors (Lipinski definition) is 1. The van der Waals surface area contributed by atoms with E-state index >= 15 is 0 Å². The van der Waals surface area contributed by atoms with Gasteiger partial charge in [-0.25, -0.2) is 4.79 Å². The van der Waals surface area contributed by atoms with Crippen molar-refractivity contribution in [1.82, 2.24) is 9.80 Å². The van der Waals surface area contributed by atoms with Gasteiger partial charge in [-0.3, -0.25) is 9.69 Å². The normalized spacial score (nSPS) is 17.2. The fraction of sp³-hybridized carbons (Fsp3) is 0.667. The Hall–Kier alpha value is -1.82. The monoisotopic (exact) mass is 338 g/mol. The van der Waals surface area contributed by atoms with Crippen LogP contribution in [0.4, 0.5) is 0 Å². The maximum atomic E-state index is 11.9. The van der Waals surface area contributed by atoms with E-state index in [4.69, 9.17) is 4.74 Å². The van der Waals surface area contributed by atoms with Crippen LogP contribution in [0.25, 0.3) is 0 Å². The highest BCUT2D eigenvalue weighted by Gasteiger charge is 2.27. The first-order chi connectivity index (χ1) is 11.6. The molecule has 0 aromatic heterocycles. The van der Waals surface area contributed by atoms with E-state index < -0.39 is 6.35 Å². The average Bonchev–Trinajstić information content (AvgIpc) is 2.58. The number of unbranched alkanes of at least 4 members (excludes halogenated alkanes) is 5. The van der Waals surface area contributed by atoms with Crippen molar-refractivity contribution in [2.24, 2.45) is 0 Å². The van der Waals surface area contributed by atoms with Crippen LogP contribution in [0.1, 0.15) is 51.9 Å². The van der Waals surface area contributed by atoms with E-state index in [1.54, 1.807) is 11.1 Å². The zero-order valence-electron chi connectivity index (χ0n) is 14.7. The lowest BCUT2D eigenvalue weighted by Gasteiger charge is -2.38. The first-order valence-electron chi connectivity index (χ1n) is 8.82. The second-order valence-corrected chi connectivity index (χ2v) is 5.92. The third kappa shape index (κ3) is 7.17. The molecule has 0 saturated heterocycles. The van der Waals surface area contributed by atoms with Gasteiger partial charge in [-0.2, -0.15) is 0 Å². The Labute approximate surface area is 144 Å². The van der Waals surface area contributed by atoms with Gasteiger partial charge >= 0.3 is 5.97 Å². The molecule has 0 saturated carbocycles. The van der Waals surface area contributed by atoms with Crippen molar-refractivity contribution in [2.45, 2.75) is 58.2 Å². The molecule has 0 aromatic carbocycles. The smallest absolute Gasteiger partial charge is 0.330 e. The Morgan fingerprint density at radius 2 is 1.96 bits per heavy atom. The van der Waals surface area contributed by atoms with Crippen LogP contribution in [0.5, 0.6) is 0 Å². The Morgan fingerprint density at radius 3 is 2.67 bits per heavy atom. The van der Waals surface area contributed by atoms with Gasteiger partial charge in [-0.15, -0.1) is 0 Å². The molecule has 1 amide bonds. The molecule has 1 heterocycles. The number of ether oxygens (including phenoxy) is 1. The van der Waals surface area contributed by atoms with Crippen molar-refractivity contribution in [3.05, 3.63) is 24.9 Å². The third-order valence-electron chi connectivity index (χ3n) is 3.99. The lowest BCUT2D eigenvalue weighted by molar-refractivity contribution is -0.152. The van der Waals surface area contributed by atoms with Crippen molar-refractivity contribution >= 4 is 11.9 Å². The van der Waals surface area contributed by atoms with E-state index in [9.17, 15) is 14.7 Å². The summed E-state index contributed by atoms with van der Waals surface area (Å²) in [6, 6.07) is 0. The van der Waals surface area contributed by atoms with Crippen LogP contribution in [0.15, 0.2) is 24.9 Å². The number of carbonyl (C=O) groups is 2. The SMILES string of the molecule is C=CC(=O)OCCCCCCN1C=CC(=O)N(CCCCC)C1O. The standard InChI is InChI=1S/C18H30N2O4/c1-3-5-8-13-20-16(21)11-14-19(18(20)23)12-9-6-7-10-15-24-17(22)4-2/h4,11,14,18,23H,2-3,5-10,12-13,15H2,1H3. The molecule has 6 nitrogen and oxygen atoms in total. The largest absolute Gasteiger partial charge is 0.463 e. The molecule has 0 aromatic rings. The first-order valence-corrected chi connectivity index (χ1v) is 8.82. The fourth-order valence-corrected chi connectivity index (χ4v) is 2.55. The molecular weight excluding hydrogens is 308 g/mol. The fourth-order valence-electron chi connectivity index (χ4n) is 2.55. The Bertz CT molecular complexity index is 437. The minimum absolute atomic E-state index is 0.126. The van der Waals surface area contributed by atoms with E-state index in [0.717, 1.165) is 51.0 Å². The van der Waals surface area contributed by atoms with Crippen LogP contribution in [-0.2, 0) is 14.3 Å². The van der Waals surface area contributed by atoms with Crippen molar-refractivity contribution in [2.75, 3.05) is 19.7 Å². The Balaban J connectivity index is 2.22. The molecule has 0 spiro atoms. The summed E-state index contributed by atoms with van der Waals surface area (Å²) in [5.74, 6) is -0.511. The van der Waals surface area contributed by atoms with Crippen LogP contribution in [0, 0.1) is 0 Å². The molecule has 1 unspecified atom stereocenters. The summed E-state index contributed by atoms with van der Waals surface area (Å²) in [5.41, 5.74) is 0. The maximum absolute atomic E-state index is 11.9. The van der Waals surface area contributed by atoms with Gasteiger partial charge in [0.25, 0.3) is 5.91 Å². The summed E-state index contributed by atoms with van der Waals surface area (Å²) in [4.78, 5) is 26.1. The number of esters is 1. The minimum atomic E-state index is -0.868. The highest BCUT2D eigenvalue weighted by Crippen LogP contribution is 2.14. The second-order valence-electron chi connectivity index (χ2n) is 5.92. The topological polar surface area (TPSA) is 70.1 Å². The molecule has 0 bridgehead atoms. The number of amides is 1. The van der Waals surface area contributed by atoms with Gasteiger partial charge in [-0.1, -0.05) is 32.8 Å². The molecule has 24 heavy (non-hydrogen) atoms. The molecule has 1 rings (SSSR count). The predicted octanol–water partition coefficient (Wildman–Crippen LogP) is 2.40. The van der Waals surface area contributed by atoms with Gasteiger partial charge in [0.05, 0.1) is 6.61 Å². The molecule has 1 N–H and O–H groups in total. The summed E-state index contributed by atoms with van der Waals surface area (Å²) >= 11 is 0. The summed E-state index contributed by atoms with van der Waals surface area (Å²) < 4.78 is 4.91. The molecule has 1 aliphatic rings. The van der Waals surface area contributed by atoms with E-state index in [1.807, 2.05) is 0 Å². The average molecular weight is 338 g/mol. The lowest BCUT2D eigenvalue weighted by Crippen LogP contribution is -2.52. The van der Waals surface area contributed by atoms with Gasteiger partial charge < -0.3 is 14.7 Å². The Morgan fingerprint density at radius 1 is 1.25 bits per heavy atom. The molecule has 1 aliphatic heterocycles. The van der Waals surface area contributed by atoms with Gasteiger partial charge in [0.2, 0.25) is 6.35 Å². The maximum Gasteiger partial charge on any atom is 0.330 e. The van der Waals surface area contributed by atoms with Crippen LogP contribution < -0.4 is 0 Å². The molecule has 0 radical (unpaired) electrons. The molecule has 1 atom stereocenters. The summed E-state index contributed by atoms with van der Waals surface area (Å²) in [6.45, 7) is 7.15. The van der Waals surface area contributed by atoms with Crippen LogP contribution in [0.2, 0.25) is 0 Å². The van der Waals surface area contributed by atoms with E-state index in [-0.39, 0.29) is 11.9 Å². The third-order valence-corrected chi connectivity index (χ3v) is 3.99. The van der Waals surface area contributed by atoms with Crippen molar-refractivity contribution in [1.29, 1.82) is 0 Å². The molecular formula is C18H30N2O4. The second kappa shape index (κ2) is 11.7. The lowest BCUT2D eigenvalue weighted by atomic mass is 10.2. The van der Waals surface area contributed by atoms with Crippen molar-refractivity contribution in [3.8, 4) is 0 Å². The molecule has 6 heteroatoms. The number of aliphatic hydroxyl groups is 1. The number of nitrogens with zero attached hydrogens (tertiary/aromatic N) is 2. The van der Waals surface area contributed by atoms with E-state index in [1.165, 1.54) is 11.0 Å². The Kier molecular flexibility index (Phi) is 9.84. The summed E-state index contributed by atoms with van der Waals surface area (Å²) in [7, 11) is 0. The zero-order valence-corrected chi connectivity index (χ0v) is 14.7. The number of aliphatic hydroxyl groups excluding tert-OH is 1. The van der Waals surface area contributed by atoms with Crippen LogP contribution >= 0.6 is 0 Å². The number of carbonyl (C=O) groups excluding carboxylic acids is 2. The summed E-state index contributed by atoms with van der Waals surface area (Å²) in [5, 5.41) is 10.3. The molecule has 0 fully saturated rings. The highest BCUT2D eigenvalue weighted by atomic mass is 16.5. The van der Waals surface area contributed by atoms with Crippen LogP contribution in [0.3, 0.4) is 0 Å². The zero-order chi connectivity index (χ0) is 17.8. The predicted molar refractivity (Wildman–Crippen MR) is 92.7 cm³/mol. The molecule has 0 aliphatic carbocycles. The van der Waals surface area contributed by atoms with Gasteiger partial charge in [0, 0.05) is 31.4 Å². The first kappa shape index (κ1) is 20.2. The highest BCUT2D eigenvalue weighted by molar-refractivity contribution is 5.88. The van der Waals surface area contributed by atoms with Crippen molar-refractivity contribution in [3.63, 3.8) is 0 Å². The van der Waals surface area contributed by atoms with E-state index in [2.05, 4.69) is 13.5 Å². The quantitative estimate of drug-likeness (QED) is 0.336. The molecule has 136 valence electrons. The van der Waals surface area contributed by atoms with E-state index in [0.29, 0.717) is 19.7 Å².